The standard InChI is InChI=1S/C27H41N4O3S/c1-9-29(10-2)17-18-30(20-21-19-26(3,4)31(32)27(21,5)6)35(33,34)25-16-12-13-22-23(25)14-11-15-24(22)28(7)8/h11-16,19H,9-10,17-18,20H2,1-8H3. The molecule has 0 N–H and O–H groups in total. The van der Waals surface area contributed by atoms with Gasteiger partial charge in [-0.05, 0) is 58.5 Å². The van der Waals surface area contributed by atoms with Gasteiger partial charge >= 0.3 is 0 Å². The first-order valence-electron chi connectivity index (χ1n) is 12.4. The van der Waals surface area contributed by atoms with Gasteiger partial charge in [0.25, 0.3) is 0 Å². The van der Waals surface area contributed by atoms with E-state index < -0.39 is 21.1 Å². The smallest absolute Gasteiger partial charge is 0.244 e. The average Bonchev–Trinajstić information content (AvgIpc) is 2.96. The van der Waals surface area contributed by atoms with E-state index in [2.05, 4.69) is 18.7 Å². The van der Waals surface area contributed by atoms with Crippen molar-refractivity contribution in [1.82, 2.24) is 14.3 Å². The molecule has 1 radical (unpaired) electrons. The molecule has 0 atom stereocenters. The highest BCUT2D eigenvalue weighted by molar-refractivity contribution is 7.89. The summed E-state index contributed by atoms with van der Waals surface area (Å²) in [5.41, 5.74) is 0.323. The van der Waals surface area contributed by atoms with Crippen LogP contribution in [0.5, 0.6) is 0 Å². The lowest BCUT2D eigenvalue weighted by molar-refractivity contribution is -0.238. The third kappa shape index (κ3) is 5.27. The van der Waals surface area contributed by atoms with E-state index in [1.54, 1.807) is 10.4 Å². The van der Waals surface area contributed by atoms with Gasteiger partial charge in [0.05, 0.1) is 16.0 Å². The van der Waals surface area contributed by atoms with Gasteiger partial charge in [-0.3, -0.25) is 0 Å². The van der Waals surface area contributed by atoms with E-state index >= 15 is 0 Å². The van der Waals surface area contributed by atoms with E-state index in [-0.39, 0.29) is 6.54 Å². The van der Waals surface area contributed by atoms with Crippen molar-refractivity contribution in [2.75, 3.05) is 51.7 Å². The maximum absolute atomic E-state index is 14.2. The minimum Gasteiger partial charge on any atom is -0.377 e. The Hall–Kier alpha value is -1.97. The lowest BCUT2D eigenvalue weighted by atomic mass is 9.96. The normalized spacial score (nSPS) is 18.0. The van der Waals surface area contributed by atoms with Gasteiger partial charge in [0.1, 0.15) is 0 Å². The highest BCUT2D eigenvalue weighted by Gasteiger charge is 2.47. The largest absolute Gasteiger partial charge is 0.377 e. The summed E-state index contributed by atoms with van der Waals surface area (Å²) < 4.78 is 30.0. The minimum absolute atomic E-state index is 0.183. The number of nitrogens with zero attached hydrogens (tertiary/aromatic N) is 4. The summed E-state index contributed by atoms with van der Waals surface area (Å²) in [6.07, 6.45) is 1.94. The number of anilines is 1. The van der Waals surface area contributed by atoms with Crippen LogP contribution in [0.15, 0.2) is 52.9 Å². The molecule has 0 aliphatic carbocycles. The van der Waals surface area contributed by atoms with E-state index in [4.69, 9.17) is 0 Å². The van der Waals surface area contributed by atoms with Crippen LogP contribution in [0.25, 0.3) is 10.8 Å². The van der Waals surface area contributed by atoms with E-state index in [0.717, 1.165) is 34.8 Å². The molecule has 1 heterocycles. The second-order valence-electron chi connectivity index (χ2n) is 10.6. The SMILES string of the molecule is CCN(CC)CCN(CC1=CC(C)(C)N([O])C1(C)C)S(=O)(=O)c1cccc2c(N(C)C)cccc12. The highest BCUT2D eigenvalue weighted by Crippen LogP contribution is 2.40. The molecule has 2 aromatic carbocycles. The predicted octanol–water partition coefficient (Wildman–Crippen LogP) is 4.38. The van der Waals surface area contributed by atoms with E-state index in [9.17, 15) is 13.6 Å². The van der Waals surface area contributed by atoms with Crippen molar-refractivity contribution in [3.63, 3.8) is 0 Å². The Balaban J connectivity index is 2.11. The highest BCUT2D eigenvalue weighted by atomic mass is 32.2. The number of rotatable bonds is 10. The third-order valence-electron chi connectivity index (χ3n) is 7.21. The van der Waals surface area contributed by atoms with Crippen molar-refractivity contribution in [3.05, 3.63) is 48.0 Å². The maximum Gasteiger partial charge on any atom is 0.244 e. The summed E-state index contributed by atoms with van der Waals surface area (Å²) >= 11 is 0. The van der Waals surface area contributed by atoms with Gasteiger partial charge in [-0.2, -0.15) is 4.31 Å². The van der Waals surface area contributed by atoms with Gasteiger partial charge < -0.3 is 9.80 Å². The summed E-state index contributed by atoms with van der Waals surface area (Å²) in [7, 11) is 0.0636. The van der Waals surface area contributed by atoms with Crippen LogP contribution in [-0.2, 0) is 15.2 Å². The van der Waals surface area contributed by atoms with Gasteiger partial charge in [0.15, 0.2) is 0 Å². The van der Waals surface area contributed by atoms with Crippen LogP contribution >= 0.6 is 0 Å². The number of hydrogen-bond acceptors (Lipinski definition) is 5. The van der Waals surface area contributed by atoms with Gasteiger partial charge in [-0.15, -0.1) is 10.3 Å². The molecule has 0 bridgehead atoms. The van der Waals surface area contributed by atoms with Gasteiger partial charge in [-0.25, -0.2) is 8.42 Å². The number of likely N-dealkylation sites (N-methyl/N-ethyl adjacent to an activating group) is 1. The summed E-state index contributed by atoms with van der Waals surface area (Å²) in [4.78, 5) is 4.51. The molecular weight excluding hydrogens is 460 g/mol. The van der Waals surface area contributed by atoms with Crippen molar-refractivity contribution in [2.45, 2.75) is 57.5 Å². The van der Waals surface area contributed by atoms with Crippen LogP contribution in [0.4, 0.5) is 5.69 Å². The topological polar surface area (TPSA) is 67.0 Å². The number of hydrogen-bond donors (Lipinski definition) is 0. The fraction of sp³-hybridized carbons (Fsp3) is 0.556. The van der Waals surface area contributed by atoms with Crippen molar-refractivity contribution < 1.29 is 13.6 Å². The summed E-state index contributed by atoms with van der Waals surface area (Å²) in [5, 5.41) is 15.7. The van der Waals surface area contributed by atoms with Crippen LogP contribution in [0, 0.1) is 0 Å². The van der Waals surface area contributed by atoms with Crippen molar-refractivity contribution >= 4 is 26.5 Å². The second-order valence-corrected chi connectivity index (χ2v) is 12.5. The Kier molecular flexibility index (Phi) is 8.04. The Morgan fingerprint density at radius 3 is 2.03 bits per heavy atom. The van der Waals surface area contributed by atoms with E-state index in [0.29, 0.717) is 23.4 Å². The zero-order chi connectivity index (χ0) is 26.2. The lowest BCUT2D eigenvalue weighted by Gasteiger charge is -2.35. The molecule has 2 aromatic rings. The molecule has 0 spiro atoms. The quantitative estimate of drug-likeness (QED) is 0.452. The molecule has 1 aliphatic heterocycles. The number of fused-ring (bicyclic) bond motifs is 1. The Morgan fingerprint density at radius 1 is 0.886 bits per heavy atom. The zero-order valence-corrected chi connectivity index (χ0v) is 23.3. The molecule has 0 saturated heterocycles. The fourth-order valence-electron chi connectivity index (χ4n) is 5.04. The Morgan fingerprint density at radius 2 is 1.49 bits per heavy atom. The molecule has 193 valence electrons. The van der Waals surface area contributed by atoms with Crippen molar-refractivity contribution in [3.8, 4) is 0 Å². The first-order valence-corrected chi connectivity index (χ1v) is 13.8. The molecule has 0 unspecified atom stereocenters. The van der Waals surface area contributed by atoms with Crippen LogP contribution in [0.2, 0.25) is 0 Å². The predicted molar refractivity (Wildman–Crippen MR) is 144 cm³/mol. The average molecular weight is 502 g/mol. The molecule has 7 nitrogen and oxygen atoms in total. The monoisotopic (exact) mass is 501 g/mol. The van der Waals surface area contributed by atoms with E-state index in [1.807, 2.05) is 83.1 Å². The molecule has 3 rings (SSSR count). The molecule has 0 aromatic heterocycles. The van der Waals surface area contributed by atoms with Gasteiger partial charge in [0.2, 0.25) is 10.0 Å². The number of sulfonamides is 1. The number of benzene rings is 2. The van der Waals surface area contributed by atoms with E-state index in [1.165, 1.54) is 0 Å². The van der Waals surface area contributed by atoms with Crippen molar-refractivity contribution in [2.24, 2.45) is 0 Å². The summed E-state index contributed by atoms with van der Waals surface area (Å²) in [6.45, 7) is 14.5. The zero-order valence-electron chi connectivity index (χ0n) is 22.5. The van der Waals surface area contributed by atoms with Gasteiger partial charge in [0, 0.05) is 50.2 Å². The molecule has 1 aliphatic rings. The second kappa shape index (κ2) is 10.2. The molecule has 0 saturated carbocycles. The van der Waals surface area contributed by atoms with Gasteiger partial charge in [-0.1, -0.05) is 44.2 Å². The molecule has 0 amide bonds. The first-order chi connectivity index (χ1) is 16.3. The Labute approximate surface area is 211 Å². The molecule has 8 heteroatoms. The lowest BCUT2D eigenvalue weighted by Crippen LogP contribution is -2.48. The minimum atomic E-state index is -3.85. The fourth-order valence-corrected chi connectivity index (χ4v) is 6.65. The molecule has 35 heavy (non-hydrogen) atoms. The van der Waals surface area contributed by atoms with Crippen LogP contribution in [0.3, 0.4) is 0 Å². The number of hydroxylamine groups is 2. The van der Waals surface area contributed by atoms with Crippen LogP contribution in [-0.4, -0.2) is 80.6 Å². The Bertz CT molecular complexity index is 1180. The van der Waals surface area contributed by atoms with Crippen molar-refractivity contribution in [1.29, 1.82) is 0 Å². The van der Waals surface area contributed by atoms with Crippen LogP contribution in [0.1, 0.15) is 41.5 Å². The first kappa shape index (κ1) is 27.6. The molecule has 0 fully saturated rings. The summed E-state index contributed by atoms with van der Waals surface area (Å²) in [6, 6.07) is 11.2. The summed E-state index contributed by atoms with van der Waals surface area (Å²) in [5.74, 6) is 0. The molecular formula is C27H41N4O3S. The van der Waals surface area contributed by atoms with Crippen LogP contribution < -0.4 is 4.90 Å². The maximum atomic E-state index is 14.2. The third-order valence-corrected chi connectivity index (χ3v) is 9.11.